The molecule has 0 bridgehead atoms. The molecule has 36 heavy (non-hydrogen) atoms. The van der Waals surface area contributed by atoms with Crippen LogP contribution < -0.4 is 25.6 Å². The third-order valence-corrected chi connectivity index (χ3v) is 5.92. The van der Waals surface area contributed by atoms with Crippen LogP contribution in [-0.4, -0.2) is 78.5 Å². The van der Waals surface area contributed by atoms with Gasteiger partial charge in [-0.2, -0.15) is 0 Å². The fourth-order valence-corrected chi connectivity index (χ4v) is 3.99. The van der Waals surface area contributed by atoms with Crippen LogP contribution in [0.3, 0.4) is 0 Å². The highest BCUT2D eigenvalue weighted by Gasteiger charge is 2.24. The van der Waals surface area contributed by atoms with Crippen molar-refractivity contribution in [2.45, 2.75) is 19.9 Å². The number of ether oxygens (including phenoxy) is 1. The fraction of sp³-hybridized carbons (Fsp3) is 0.400. The molecule has 0 unspecified atom stereocenters. The minimum absolute atomic E-state index is 0.528. The number of hydrogen-bond acceptors (Lipinski definition) is 11. The topological polar surface area (TPSA) is 120 Å². The maximum Gasteiger partial charge on any atom is 0.237 e. The minimum Gasteiger partial charge on any atom is -0.474 e. The molecule has 11 heteroatoms. The second kappa shape index (κ2) is 11.6. The van der Waals surface area contributed by atoms with E-state index in [4.69, 9.17) is 9.72 Å². The molecule has 5 rings (SSSR count). The summed E-state index contributed by atoms with van der Waals surface area (Å²) in [6.07, 6.45) is 7.36. The third kappa shape index (κ3) is 5.98. The Kier molecular flexibility index (Phi) is 8.11. The molecular weight excluding hydrogens is 458 g/mol. The first-order chi connectivity index (χ1) is 17.5. The lowest BCUT2D eigenvalue weighted by Gasteiger charge is -2.32. The molecular formula is C25H33N9O2. The average molecular weight is 492 g/mol. The molecule has 11 nitrogen and oxygen atoms in total. The molecule has 0 amide bonds. The molecule has 0 saturated heterocycles. The van der Waals surface area contributed by atoms with Gasteiger partial charge in [0.15, 0.2) is 0 Å². The van der Waals surface area contributed by atoms with Crippen LogP contribution in [0.2, 0.25) is 0 Å². The van der Waals surface area contributed by atoms with Crippen LogP contribution in [0.15, 0.2) is 30.7 Å². The van der Waals surface area contributed by atoms with Crippen molar-refractivity contribution in [2.75, 3.05) is 68.2 Å². The van der Waals surface area contributed by atoms with E-state index in [0.717, 1.165) is 59.9 Å². The van der Waals surface area contributed by atoms with Crippen molar-refractivity contribution in [3.05, 3.63) is 47.5 Å². The van der Waals surface area contributed by atoms with Crippen molar-refractivity contribution in [1.82, 2.24) is 24.8 Å². The van der Waals surface area contributed by atoms with Gasteiger partial charge in [-0.15, -0.1) is 0 Å². The van der Waals surface area contributed by atoms with Gasteiger partial charge >= 0.3 is 0 Å². The van der Waals surface area contributed by atoms with Crippen molar-refractivity contribution >= 4 is 35.1 Å². The molecule has 0 spiro atoms. The molecule has 2 aliphatic rings. The number of likely N-dealkylation sites (N-methyl/N-ethyl adjacent to an activating group) is 1. The Balaban J connectivity index is 0.000000455. The van der Waals surface area contributed by atoms with Gasteiger partial charge in [0.25, 0.3) is 0 Å². The first-order valence-electron chi connectivity index (χ1n) is 11.9. The Morgan fingerprint density at radius 1 is 1.19 bits per heavy atom. The van der Waals surface area contributed by atoms with Gasteiger partial charge in [-0.25, -0.2) is 19.9 Å². The Hall–Kier alpha value is -3.99. The average Bonchev–Trinajstić information content (AvgIpc) is 2.89. The first kappa shape index (κ1) is 25.1. The number of fused-ring (bicyclic) bond motifs is 2. The third-order valence-electron chi connectivity index (χ3n) is 5.92. The number of aromatic nitrogens is 4. The number of nitrogens with zero attached hydrogens (tertiary/aromatic N) is 6. The number of nitrogens with one attached hydrogen (secondary N) is 3. The molecule has 5 heterocycles. The van der Waals surface area contributed by atoms with Crippen molar-refractivity contribution in [3.63, 3.8) is 0 Å². The standard InChI is InChI=1S/C21H24N8O.C4H9NO/c1-13-17(11-25-20-19(13)23-6-8-30-20)29-7-5-14-9-26-21(28-16(14)12-29)27-15-3-4-18(22-2)24-10-15;1-5(2)3-4-6/h3-4,9-11,23H,5-8,12H2,1-2H3,(H,22,24)(H,26,27,28);4H,3H2,1-2H3. The highest BCUT2D eigenvalue weighted by Crippen LogP contribution is 2.36. The van der Waals surface area contributed by atoms with Crippen LogP contribution in [-0.2, 0) is 17.8 Å². The summed E-state index contributed by atoms with van der Waals surface area (Å²) >= 11 is 0. The summed E-state index contributed by atoms with van der Waals surface area (Å²) in [6.45, 7) is 5.71. The van der Waals surface area contributed by atoms with Gasteiger partial charge < -0.3 is 35.3 Å². The Morgan fingerprint density at radius 2 is 2.06 bits per heavy atom. The smallest absolute Gasteiger partial charge is 0.237 e. The summed E-state index contributed by atoms with van der Waals surface area (Å²) in [6, 6.07) is 3.86. The number of carbonyl (C=O) groups excluding carboxylic acids is 1. The van der Waals surface area contributed by atoms with Gasteiger partial charge in [0.2, 0.25) is 11.8 Å². The van der Waals surface area contributed by atoms with E-state index in [9.17, 15) is 4.79 Å². The van der Waals surface area contributed by atoms with E-state index in [1.807, 2.05) is 50.6 Å². The molecule has 0 atom stereocenters. The van der Waals surface area contributed by atoms with Crippen LogP contribution >= 0.6 is 0 Å². The lowest BCUT2D eigenvalue weighted by Crippen LogP contribution is -2.32. The normalized spacial score (nSPS) is 13.9. The fourth-order valence-electron chi connectivity index (χ4n) is 3.99. The Bertz CT molecular complexity index is 1180. The summed E-state index contributed by atoms with van der Waals surface area (Å²) in [5.74, 6) is 2.08. The van der Waals surface area contributed by atoms with Crippen LogP contribution in [0.25, 0.3) is 0 Å². The maximum atomic E-state index is 9.57. The lowest BCUT2D eigenvalue weighted by molar-refractivity contribution is -0.108. The van der Waals surface area contributed by atoms with Crippen molar-refractivity contribution < 1.29 is 9.53 Å². The molecule has 0 saturated carbocycles. The van der Waals surface area contributed by atoms with Gasteiger partial charge in [0.1, 0.15) is 24.4 Å². The highest BCUT2D eigenvalue weighted by molar-refractivity contribution is 5.70. The monoisotopic (exact) mass is 491 g/mol. The van der Waals surface area contributed by atoms with Gasteiger partial charge in [-0.05, 0) is 45.1 Å². The van der Waals surface area contributed by atoms with E-state index in [1.54, 1.807) is 6.20 Å². The number of carbonyl (C=O) groups is 1. The molecule has 0 fully saturated rings. The van der Waals surface area contributed by atoms with E-state index in [1.165, 1.54) is 5.56 Å². The first-order valence-corrected chi connectivity index (χ1v) is 11.9. The SMILES string of the molecule is CN(C)CC=O.CNc1ccc(Nc2ncc3c(n2)CN(c2cnc4c(c2C)NCCO4)CC3)cn1. The van der Waals surface area contributed by atoms with Gasteiger partial charge in [0.05, 0.1) is 42.6 Å². The summed E-state index contributed by atoms with van der Waals surface area (Å²) in [4.78, 5) is 31.8. The van der Waals surface area contributed by atoms with Gasteiger partial charge in [0, 0.05) is 31.9 Å². The summed E-state index contributed by atoms with van der Waals surface area (Å²) in [7, 11) is 5.56. The van der Waals surface area contributed by atoms with Crippen LogP contribution in [0, 0.1) is 6.92 Å². The predicted octanol–water partition coefficient (Wildman–Crippen LogP) is 2.47. The number of aldehydes is 1. The van der Waals surface area contributed by atoms with E-state index >= 15 is 0 Å². The molecule has 3 aromatic heterocycles. The second-order valence-corrected chi connectivity index (χ2v) is 8.80. The number of rotatable bonds is 6. The summed E-state index contributed by atoms with van der Waals surface area (Å²) in [5.41, 5.74) is 6.32. The highest BCUT2D eigenvalue weighted by atomic mass is 16.5. The van der Waals surface area contributed by atoms with Crippen LogP contribution in [0.5, 0.6) is 5.88 Å². The molecule has 0 aromatic carbocycles. The van der Waals surface area contributed by atoms with Gasteiger partial charge in [-0.1, -0.05) is 0 Å². The Labute approximate surface area is 211 Å². The van der Waals surface area contributed by atoms with Crippen molar-refractivity contribution in [2.24, 2.45) is 0 Å². The zero-order valence-corrected chi connectivity index (χ0v) is 21.2. The van der Waals surface area contributed by atoms with Crippen molar-refractivity contribution in [3.8, 4) is 5.88 Å². The second-order valence-electron chi connectivity index (χ2n) is 8.80. The Morgan fingerprint density at radius 3 is 2.75 bits per heavy atom. The predicted molar refractivity (Wildman–Crippen MR) is 141 cm³/mol. The van der Waals surface area contributed by atoms with Crippen molar-refractivity contribution in [1.29, 1.82) is 0 Å². The molecule has 0 aliphatic carbocycles. The van der Waals surface area contributed by atoms with E-state index in [0.29, 0.717) is 31.5 Å². The zero-order chi connectivity index (χ0) is 25.5. The molecule has 3 N–H and O–H groups in total. The maximum absolute atomic E-state index is 9.57. The van der Waals surface area contributed by atoms with E-state index in [2.05, 4.69) is 42.7 Å². The largest absolute Gasteiger partial charge is 0.474 e. The van der Waals surface area contributed by atoms with E-state index < -0.39 is 0 Å². The molecule has 3 aromatic rings. The lowest BCUT2D eigenvalue weighted by atomic mass is 10.0. The minimum atomic E-state index is 0.528. The van der Waals surface area contributed by atoms with Crippen LogP contribution in [0.4, 0.5) is 28.8 Å². The summed E-state index contributed by atoms with van der Waals surface area (Å²) < 4.78 is 5.66. The quantitative estimate of drug-likeness (QED) is 0.441. The molecule has 190 valence electrons. The molecule has 0 radical (unpaired) electrons. The van der Waals surface area contributed by atoms with Gasteiger partial charge in [-0.3, -0.25) is 0 Å². The number of anilines is 5. The van der Waals surface area contributed by atoms with E-state index in [-0.39, 0.29) is 0 Å². The number of hydrogen-bond donors (Lipinski definition) is 3. The summed E-state index contributed by atoms with van der Waals surface area (Å²) in [5, 5.41) is 9.67. The molecule has 2 aliphatic heterocycles. The zero-order valence-electron chi connectivity index (χ0n) is 21.2. The number of pyridine rings is 2. The van der Waals surface area contributed by atoms with Crippen LogP contribution in [0.1, 0.15) is 16.8 Å².